The van der Waals surface area contributed by atoms with Crippen LogP contribution in [0.5, 0.6) is 11.5 Å². The summed E-state index contributed by atoms with van der Waals surface area (Å²) in [5.74, 6) is 0.645. The van der Waals surface area contributed by atoms with E-state index in [0.717, 1.165) is 128 Å². The van der Waals surface area contributed by atoms with E-state index in [1.54, 1.807) is 24.3 Å². The number of fused-ring (bicyclic) bond motifs is 7. The van der Waals surface area contributed by atoms with Crippen molar-refractivity contribution in [1.82, 2.24) is 0 Å². The highest BCUT2D eigenvalue weighted by Gasteiger charge is 2.44. The molecule has 3 N–H and O–H groups in total. The van der Waals surface area contributed by atoms with Crippen LogP contribution in [-0.4, -0.2) is 67.4 Å². The van der Waals surface area contributed by atoms with Gasteiger partial charge in [-0.05, 0) is 193 Å². The SMILES string of the molecule is CC/C=c1/cc2c(cc1C)=C(c1ccccc1C(=O)O)c1cc(C)c(CCC)cc1O2.C[N+]1=C(/C=C/C=C/C=C/C=C2\N(CCCCN)c3cc4cc(S(=O)(=O)[O-])ccc4cc3C2(C)C)C(C)(C)c2c1ccc1cc(S(=O)(=O)[O-])ccc21. The van der Waals surface area contributed by atoms with Crippen molar-refractivity contribution >= 4 is 76.5 Å². The number of allylic oxidation sites excluding steroid dienone is 8. The molecule has 0 unspecified atom stereocenters. The number of carboxylic acids is 1. The second kappa shape index (κ2) is 23.3. The van der Waals surface area contributed by atoms with Crippen LogP contribution in [0.3, 0.4) is 0 Å². The molecular weight excluding hydrogens is 1070 g/mol. The van der Waals surface area contributed by atoms with Crippen molar-refractivity contribution in [3.05, 3.63) is 212 Å². The zero-order valence-electron chi connectivity index (χ0n) is 48.0. The summed E-state index contributed by atoms with van der Waals surface area (Å²) in [7, 11) is -7.11. The van der Waals surface area contributed by atoms with Gasteiger partial charge in [-0.1, -0.05) is 101 Å². The molecule has 0 saturated carbocycles. The second-order valence-corrected chi connectivity index (χ2v) is 25.1. The molecule has 0 amide bonds. The van der Waals surface area contributed by atoms with Crippen LogP contribution in [0, 0.1) is 13.8 Å². The number of nitrogens with two attached hydrogens (primary N) is 1. The topological polar surface area (TPSA) is 193 Å². The van der Waals surface area contributed by atoms with E-state index in [9.17, 15) is 35.8 Å². The minimum Gasteiger partial charge on any atom is -0.744 e. The Balaban J connectivity index is 0.000000223. The molecule has 14 heteroatoms. The number of unbranched alkanes of at least 4 members (excludes halogenated alkanes) is 1. The molecule has 12 nitrogen and oxygen atoms in total. The van der Waals surface area contributed by atoms with Gasteiger partial charge in [-0.3, -0.25) is 0 Å². The Hall–Kier alpha value is -7.72. The molecular formula is C68H70N3O9S2-. The van der Waals surface area contributed by atoms with E-state index in [2.05, 4.69) is 113 Å². The van der Waals surface area contributed by atoms with Gasteiger partial charge in [0.25, 0.3) is 0 Å². The van der Waals surface area contributed by atoms with Gasteiger partial charge in [-0.15, -0.1) is 0 Å². The molecule has 424 valence electrons. The summed E-state index contributed by atoms with van der Waals surface area (Å²) in [6.45, 7) is 18.5. The molecule has 0 saturated heterocycles. The number of hydrogen-bond acceptors (Lipinski definition) is 10. The summed E-state index contributed by atoms with van der Waals surface area (Å²) in [4.78, 5) is 13.8. The summed E-state index contributed by atoms with van der Waals surface area (Å²) < 4.78 is 78.6. The minimum absolute atomic E-state index is 0.235. The third-order valence-corrected chi connectivity index (χ3v) is 17.7. The Bertz CT molecular complexity index is 4280. The van der Waals surface area contributed by atoms with Gasteiger partial charge in [0, 0.05) is 57.4 Å². The molecule has 7 aromatic carbocycles. The van der Waals surface area contributed by atoms with Crippen LogP contribution in [0.25, 0.3) is 33.2 Å². The molecule has 0 aliphatic carbocycles. The predicted molar refractivity (Wildman–Crippen MR) is 327 cm³/mol. The standard InChI is InChI=1S/C40H43N3O6S2.C28H28O3/c1-39(2)33-25-27-15-17-30(50(44,45)46)24-29(27)26-35(33)43(22-12-11-21-41)37(39)14-10-8-6-7-9-13-36-40(3,4)38-32-19-18-31(51(47,48)49)23-28(32)16-20-34(38)42(36)5;1-5-9-19-15-25-23(13-17(19)3)27(21-11-7-8-12-22(21)28(29)30)24-14-18(4)20(10-6-2)16-26(24)31-25/h6-10,13-20,23-26H,11-12,21-22,41H2,1-5H3,(H-,44,45,46,47,48,49);7-9,11-16H,5-6,10H2,1-4H3,(H,29,30)/p-1/b;19-9-. The normalized spacial score (nSPS) is 16.1. The molecule has 3 heterocycles. The molecule has 3 aliphatic heterocycles. The van der Waals surface area contributed by atoms with Gasteiger partial charge in [0.2, 0.25) is 5.69 Å². The average molecular weight is 1140 g/mol. The maximum atomic E-state index is 12.1. The molecule has 0 fully saturated rings. The number of aromatic carboxylic acids is 1. The number of rotatable bonds is 15. The van der Waals surface area contributed by atoms with E-state index >= 15 is 0 Å². The van der Waals surface area contributed by atoms with Crippen LogP contribution in [-0.2, 0) is 37.5 Å². The highest BCUT2D eigenvalue weighted by Crippen LogP contribution is 2.50. The Morgan fingerprint density at radius 3 is 2.11 bits per heavy atom. The van der Waals surface area contributed by atoms with Gasteiger partial charge < -0.3 is 29.6 Å². The first-order valence-corrected chi connectivity index (χ1v) is 30.6. The fraction of sp³-hybridized carbons (Fsp3) is 0.265. The van der Waals surface area contributed by atoms with E-state index in [-0.39, 0.29) is 20.6 Å². The van der Waals surface area contributed by atoms with E-state index in [4.69, 9.17) is 10.5 Å². The van der Waals surface area contributed by atoms with Crippen molar-refractivity contribution in [2.24, 2.45) is 5.73 Å². The van der Waals surface area contributed by atoms with Crippen molar-refractivity contribution in [3.8, 4) is 11.5 Å². The van der Waals surface area contributed by atoms with Gasteiger partial charge in [0.1, 0.15) is 38.8 Å². The first kappa shape index (κ1) is 58.9. The lowest BCUT2D eigenvalue weighted by Gasteiger charge is -2.27. The van der Waals surface area contributed by atoms with Gasteiger partial charge in [-0.25, -0.2) is 21.6 Å². The summed E-state index contributed by atoms with van der Waals surface area (Å²) in [6.07, 6.45) is 21.1. The van der Waals surface area contributed by atoms with Crippen LogP contribution in [0.4, 0.5) is 11.4 Å². The van der Waals surface area contributed by atoms with Crippen molar-refractivity contribution in [2.45, 2.75) is 108 Å². The monoisotopic (exact) mass is 1140 g/mol. The van der Waals surface area contributed by atoms with Crippen LogP contribution >= 0.6 is 0 Å². The molecule has 7 aromatic rings. The molecule has 0 spiro atoms. The lowest BCUT2D eigenvalue weighted by Crippen LogP contribution is -2.27. The lowest BCUT2D eigenvalue weighted by molar-refractivity contribution is -0.401. The molecule has 82 heavy (non-hydrogen) atoms. The Labute approximate surface area is 481 Å². The van der Waals surface area contributed by atoms with Crippen LogP contribution in [0.1, 0.15) is 117 Å². The molecule has 0 bridgehead atoms. The Kier molecular flexibility index (Phi) is 16.7. The van der Waals surface area contributed by atoms with Crippen molar-refractivity contribution in [1.29, 1.82) is 0 Å². The van der Waals surface area contributed by atoms with Crippen molar-refractivity contribution < 1.29 is 45.2 Å². The maximum Gasteiger partial charge on any atom is 0.336 e. The summed E-state index contributed by atoms with van der Waals surface area (Å²) >= 11 is 0. The summed E-state index contributed by atoms with van der Waals surface area (Å²) in [5, 5.41) is 15.2. The fourth-order valence-corrected chi connectivity index (χ4v) is 13.0. The molecule has 0 atom stereocenters. The quantitative estimate of drug-likeness (QED) is 0.0429. The fourth-order valence-electron chi connectivity index (χ4n) is 12.0. The number of hydrogen-bond donors (Lipinski definition) is 2. The molecule has 10 rings (SSSR count). The highest BCUT2D eigenvalue weighted by molar-refractivity contribution is 7.86. The van der Waals surface area contributed by atoms with Gasteiger partial charge >= 0.3 is 5.97 Å². The largest absolute Gasteiger partial charge is 0.744 e. The number of nitrogens with zero attached hydrogens (tertiary/aromatic N) is 2. The van der Waals surface area contributed by atoms with E-state index in [1.807, 2.05) is 67.8 Å². The maximum absolute atomic E-state index is 12.1. The Morgan fingerprint density at radius 2 is 1.41 bits per heavy atom. The summed E-state index contributed by atoms with van der Waals surface area (Å²) in [5.41, 5.74) is 18.0. The summed E-state index contributed by atoms with van der Waals surface area (Å²) in [6, 6.07) is 32.7. The van der Waals surface area contributed by atoms with Crippen LogP contribution < -0.4 is 25.8 Å². The molecule has 3 aliphatic rings. The van der Waals surface area contributed by atoms with E-state index in [0.29, 0.717) is 22.9 Å². The van der Waals surface area contributed by atoms with E-state index in [1.165, 1.54) is 35.4 Å². The highest BCUT2D eigenvalue weighted by atomic mass is 32.2. The minimum atomic E-state index is -4.57. The van der Waals surface area contributed by atoms with Gasteiger partial charge in [-0.2, -0.15) is 4.58 Å². The lowest BCUT2D eigenvalue weighted by atomic mass is 9.79. The third-order valence-electron chi connectivity index (χ3n) is 16.1. The first-order valence-electron chi connectivity index (χ1n) is 27.8. The Morgan fingerprint density at radius 1 is 0.732 bits per heavy atom. The molecule has 0 radical (unpaired) electrons. The number of ether oxygens (including phenoxy) is 1. The average Bonchev–Trinajstić information content (AvgIpc) is 2.77. The van der Waals surface area contributed by atoms with Crippen molar-refractivity contribution in [2.75, 3.05) is 25.0 Å². The van der Waals surface area contributed by atoms with Crippen molar-refractivity contribution in [3.63, 3.8) is 0 Å². The predicted octanol–water partition coefficient (Wildman–Crippen LogP) is 12.4. The number of anilines is 1. The van der Waals surface area contributed by atoms with E-state index < -0.39 is 26.2 Å². The molecule has 0 aromatic heterocycles. The number of benzene rings is 7. The van der Waals surface area contributed by atoms with Gasteiger partial charge in [0.05, 0.1) is 20.8 Å². The zero-order valence-corrected chi connectivity index (χ0v) is 49.6. The number of carboxylic acid groups (broad SMARTS) is 1. The zero-order chi connectivity index (χ0) is 59.1. The van der Waals surface area contributed by atoms with Crippen LogP contribution in [0.2, 0.25) is 0 Å². The van der Waals surface area contributed by atoms with Gasteiger partial charge in [0.15, 0.2) is 5.71 Å². The smallest absolute Gasteiger partial charge is 0.336 e. The first-order chi connectivity index (χ1) is 38.9. The third kappa shape index (κ3) is 11.4. The van der Waals surface area contributed by atoms with Crippen LogP contribution in [0.15, 0.2) is 167 Å². The number of carbonyl (C=O) groups is 1. The second-order valence-electron chi connectivity index (χ2n) is 22.3. The number of aryl methyl sites for hydroxylation is 3.